The van der Waals surface area contributed by atoms with Gasteiger partial charge >= 0.3 is 5.97 Å². The normalized spacial score (nSPS) is 10.2. The molecule has 0 aliphatic heterocycles. The van der Waals surface area contributed by atoms with Crippen LogP contribution in [0.15, 0.2) is 42.5 Å². The molecule has 2 rings (SSSR count). The van der Waals surface area contributed by atoms with Gasteiger partial charge in [-0.1, -0.05) is 36.4 Å². The molecule has 2 nitrogen and oxygen atoms in total. The molecule has 0 saturated heterocycles. The molecule has 0 radical (unpaired) electrons. The Kier molecular flexibility index (Phi) is 1.74. The Labute approximate surface area is 78.4 Å². The molecule has 0 heterocycles. The van der Waals surface area contributed by atoms with Gasteiger partial charge in [0.2, 0.25) is 0 Å². The fourth-order valence-electron chi connectivity index (χ4n) is 1.41. The Hall–Kier alpha value is -1.83. The Balaban J connectivity index is 0.000000980. The largest absolute Gasteiger partial charge is 0.478 e. The van der Waals surface area contributed by atoms with Crippen molar-refractivity contribution < 1.29 is 12.8 Å². The average Bonchev–Trinajstić information content (AvgIpc) is 2.17. The second kappa shape index (κ2) is 2.90. The molecule has 0 saturated carbocycles. The summed E-state index contributed by atoms with van der Waals surface area (Å²) in [6, 6.07) is 12.7. The van der Waals surface area contributed by atoms with E-state index < -0.39 is 5.97 Å². The van der Waals surface area contributed by atoms with Gasteiger partial charge in [-0.15, -0.1) is 0 Å². The molecule has 13 heavy (non-hydrogen) atoms. The molecule has 2 aromatic rings. The number of carboxylic acids is 1. The van der Waals surface area contributed by atoms with Crippen LogP contribution in [-0.2, 0) is 0 Å². The molecule has 1 N–H and O–H groups in total. The zero-order valence-electron chi connectivity index (χ0n) is 6.90. The van der Waals surface area contributed by atoms with Crippen molar-refractivity contribution in [3.63, 3.8) is 0 Å². The fourth-order valence-corrected chi connectivity index (χ4v) is 1.41. The van der Waals surface area contributed by atoms with Crippen LogP contribution < -0.4 is 0 Å². The summed E-state index contributed by atoms with van der Waals surface area (Å²) in [4.78, 5) is 10.8. The quantitative estimate of drug-likeness (QED) is 0.725. The molecule has 0 fully saturated rings. The number of hydrogen-bond donors (Lipinski definition) is 1. The van der Waals surface area contributed by atoms with Gasteiger partial charge in [-0.2, -0.15) is 0 Å². The number of fused-ring (bicyclic) bond motifs is 1. The van der Waals surface area contributed by atoms with E-state index in [1.807, 2.05) is 30.3 Å². The molecule has 0 atom stereocenters. The highest BCUT2D eigenvalue weighted by Gasteiger charge is 2.05. The molecular formula is C11H12O2. The second-order valence-corrected chi connectivity index (χ2v) is 2.83. The Morgan fingerprint density at radius 1 is 1.08 bits per heavy atom. The Morgan fingerprint density at radius 2 is 1.77 bits per heavy atom. The van der Waals surface area contributed by atoms with Crippen molar-refractivity contribution in [2.24, 2.45) is 0 Å². The van der Waals surface area contributed by atoms with Crippen molar-refractivity contribution in [1.82, 2.24) is 0 Å². The van der Waals surface area contributed by atoms with E-state index in [9.17, 15) is 4.79 Å². The highest BCUT2D eigenvalue weighted by molar-refractivity contribution is 6.03. The summed E-state index contributed by atoms with van der Waals surface area (Å²) in [5.41, 5.74) is 0.359. The number of rotatable bonds is 1. The third-order valence-corrected chi connectivity index (χ3v) is 2.02. The number of benzene rings is 2. The summed E-state index contributed by atoms with van der Waals surface area (Å²) in [6.45, 7) is 0. The van der Waals surface area contributed by atoms with E-state index >= 15 is 0 Å². The molecule has 0 spiro atoms. The van der Waals surface area contributed by atoms with Gasteiger partial charge in [0.1, 0.15) is 0 Å². The fraction of sp³-hybridized carbons (Fsp3) is 0. The van der Waals surface area contributed by atoms with E-state index in [4.69, 9.17) is 5.11 Å². The first-order valence-electron chi connectivity index (χ1n) is 4.00. The van der Waals surface area contributed by atoms with Crippen LogP contribution in [0.4, 0.5) is 0 Å². The van der Waals surface area contributed by atoms with Crippen molar-refractivity contribution in [2.45, 2.75) is 0 Å². The maximum Gasteiger partial charge on any atom is 0.336 e. The van der Waals surface area contributed by atoms with E-state index in [1.165, 1.54) is 0 Å². The summed E-state index contributed by atoms with van der Waals surface area (Å²) in [5, 5.41) is 10.6. The number of hydrogen-bond acceptors (Lipinski definition) is 1. The number of aromatic carboxylic acids is 1. The summed E-state index contributed by atoms with van der Waals surface area (Å²) in [5.74, 6) is -0.878. The molecule has 0 bridgehead atoms. The summed E-state index contributed by atoms with van der Waals surface area (Å²) >= 11 is 0. The zero-order chi connectivity index (χ0) is 9.26. The molecule has 68 valence electrons. The van der Waals surface area contributed by atoms with Crippen LogP contribution >= 0.6 is 0 Å². The van der Waals surface area contributed by atoms with Crippen LogP contribution in [-0.4, -0.2) is 11.1 Å². The van der Waals surface area contributed by atoms with Gasteiger partial charge in [-0.3, -0.25) is 0 Å². The molecule has 2 aromatic carbocycles. The van der Waals surface area contributed by atoms with Crippen LogP contribution in [0.25, 0.3) is 10.8 Å². The van der Waals surface area contributed by atoms with E-state index in [1.54, 1.807) is 12.1 Å². The Bertz CT molecular complexity index is 464. The first kappa shape index (κ1) is 7.80. The molecule has 0 aliphatic carbocycles. The summed E-state index contributed by atoms with van der Waals surface area (Å²) in [7, 11) is 0. The minimum atomic E-state index is -0.878. The Morgan fingerprint density at radius 3 is 2.54 bits per heavy atom. The van der Waals surface area contributed by atoms with Crippen molar-refractivity contribution in [3.8, 4) is 0 Å². The van der Waals surface area contributed by atoms with Gasteiger partial charge in [0, 0.05) is 2.85 Å². The van der Waals surface area contributed by atoms with Crippen molar-refractivity contribution >= 4 is 16.7 Å². The molecule has 2 heteroatoms. The van der Waals surface area contributed by atoms with Crippen LogP contribution in [0.5, 0.6) is 0 Å². The van der Waals surface area contributed by atoms with Crippen molar-refractivity contribution in [2.75, 3.05) is 0 Å². The first-order chi connectivity index (χ1) is 6.29. The summed E-state index contributed by atoms with van der Waals surface area (Å²) < 4.78 is 0. The minimum Gasteiger partial charge on any atom is -0.478 e. The predicted molar refractivity (Wildman–Crippen MR) is 55.1 cm³/mol. The second-order valence-electron chi connectivity index (χ2n) is 2.83. The van der Waals surface area contributed by atoms with Crippen LogP contribution in [0.2, 0.25) is 0 Å². The topological polar surface area (TPSA) is 37.3 Å². The van der Waals surface area contributed by atoms with Gasteiger partial charge in [0.15, 0.2) is 0 Å². The minimum absolute atomic E-state index is 0. The molecule has 0 aliphatic rings. The van der Waals surface area contributed by atoms with Crippen LogP contribution in [0.1, 0.15) is 13.2 Å². The standard InChI is InChI=1S/C11H8O2.2H2/c12-11(13)10-7-3-5-8-4-1-2-6-9(8)10;;/h1-7H,(H,12,13);2*1H. The lowest BCUT2D eigenvalue weighted by Crippen LogP contribution is -1.96. The van der Waals surface area contributed by atoms with Gasteiger partial charge < -0.3 is 5.11 Å². The first-order valence-corrected chi connectivity index (χ1v) is 4.00. The third kappa shape index (κ3) is 1.26. The third-order valence-electron chi connectivity index (χ3n) is 2.02. The van der Waals surface area contributed by atoms with Gasteiger partial charge in [0.25, 0.3) is 0 Å². The van der Waals surface area contributed by atoms with Crippen LogP contribution in [0.3, 0.4) is 0 Å². The lowest BCUT2D eigenvalue weighted by molar-refractivity contribution is 0.0699. The van der Waals surface area contributed by atoms with E-state index in [2.05, 4.69) is 0 Å². The molecular weight excluding hydrogens is 164 g/mol. The number of carbonyl (C=O) groups is 1. The highest BCUT2D eigenvalue weighted by atomic mass is 16.4. The van der Waals surface area contributed by atoms with E-state index in [0.29, 0.717) is 5.56 Å². The maximum atomic E-state index is 10.8. The molecule has 0 unspecified atom stereocenters. The SMILES string of the molecule is O=C(O)c1cccc2ccccc12.[HH].[HH]. The maximum absolute atomic E-state index is 10.8. The van der Waals surface area contributed by atoms with E-state index in [-0.39, 0.29) is 2.85 Å². The van der Waals surface area contributed by atoms with Gasteiger partial charge in [0.05, 0.1) is 5.56 Å². The molecule has 0 aromatic heterocycles. The van der Waals surface area contributed by atoms with Gasteiger partial charge in [-0.25, -0.2) is 4.79 Å². The molecule has 0 amide bonds. The monoisotopic (exact) mass is 176 g/mol. The van der Waals surface area contributed by atoms with E-state index in [0.717, 1.165) is 10.8 Å². The van der Waals surface area contributed by atoms with Crippen molar-refractivity contribution in [3.05, 3.63) is 48.0 Å². The summed E-state index contributed by atoms with van der Waals surface area (Å²) in [6.07, 6.45) is 0. The lowest BCUT2D eigenvalue weighted by atomic mass is 10.1. The average molecular weight is 176 g/mol. The predicted octanol–water partition coefficient (Wildman–Crippen LogP) is 3.03. The van der Waals surface area contributed by atoms with Gasteiger partial charge in [-0.05, 0) is 16.8 Å². The van der Waals surface area contributed by atoms with Crippen molar-refractivity contribution in [1.29, 1.82) is 0 Å². The smallest absolute Gasteiger partial charge is 0.336 e. The number of carboxylic acid groups (broad SMARTS) is 1. The van der Waals surface area contributed by atoms with Crippen LogP contribution in [0, 0.1) is 0 Å². The highest BCUT2D eigenvalue weighted by Crippen LogP contribution is 2.17. The zero-order valence-corrected chi connectivity index (χ0v) is 6.90. The lowest BCUT2D eigenvalue weighted by Gasteiger charge is -2.00.